The van der Waals surface area contributed by atoms with Crippen molar-refractivity contribution in [3.63, 3.8) is 0 Å². The van der Waals surface area contributed by atoms with Crippen molar-refractivity contribution in [2.75, 3.05) is 18.5 Å². The molecule has 0 saturated heterocycles. The lowest BCUT2D eigenvalue weighted by molar-refractivity contribution is -0.119. The predicted octanol–water partition coefficient (Wildman–Crippen LogP) is 3.66. The van der Waals surface area contributed by atoms with E-state index in [1.54, 1.807) is 30.3 Å². The Morgan fingerprint density at radius 1 is 1.08 bits per heavy atom. The van der Waals surface area contributed by atoms with Crippen molar-refractivity contribution in [3.05, 3.63) is 59.9 Å². The van der Waals surface area contributed by atoms with Gasteiger partial charge in [-0.2, -0.15) is 0 Å². The van der Waals surface area contributed by atoms with Gasteiger partial charge in [-0.25, -0.2) is 9.18 Å². The van der Waals surface area contributed by atoms with Gasteiger partial charge in [0.15, 0.2) is 6.61 Å². The van der Waals surface area contributed by atoms with Crippen LogP contribution in [0.1, 0.15) is 24.2 Å². The van der Waals surface area contributed by atoms with E-state index in [-0.39, 0.29) is 5.69 Å². The smallest absolute Gasteiger partial charge is 0.338 e. The Hall–Kier alpha value is -2.89. The maximum atomic E-state index is 13.4. The standard InChI is InChI=1S/C19H20FNO4/c1-13(2)11-24-15-9-7-14(8-10-15)19(23)25-12-18(22)21-17-6-4-3-5-16(17)20/h3-10,13H,11-12H2,1-2H3,(H,21,22). The molecule has 0 unspecified atom stereocenters. The van der Waals surface area contributed by atoms with Crippen LogP contribution < -0.4 is 10.1 Å². The van der Waals surface area contributed by atoms with Crippen LogP contribution in [0.25, 0.3) is 0 Å². The monoisotopic (exact) mass is 345 g/mol. The molecule has 0 heterocycles. The zero-order chi connectivity index (χ0) is 18.2. The first-order valence-corrected chi connectivity index (χ1v) is 7.90. The third-order valence-electron chi connectivity index (χ3n) is 3.16. The Kier molecular flexibility index (Phi) is 6.51. The lowest BCUT2D eigenvalue weighted by Crippen LogP contribution is -2.21. The third kappa shape index (κ3) is 5.91. The van der Waals surface area contributed by atoms with Gasteiger partial charge in [0, 0.05) is 0 Å². The van der Waals surface area contributed by atoms with Gasteiger partial charge in [-0.3, -0.25) is 4.79 Å². The first-order chi connectivity index (χ1) is 12.0. The van der Waals surface area contributed by atoms with Crippen LogP contribution in [0.4, 0.5) is 10.1 Å². The summed E-state index contributed by atoms with van der Waals surface area (Å²) in [4.78, 5) is 23.7. The summed E-state index contributed by atoms with van der Waals surface area (Å²) in [6.45, 7) is 4.16. The van der Waals surface area contributed by atoms with Gasteiger partial charge in [-0.05, 0) is 42.3 Å². The highest BCUT2D eigenvalue weighted by Crippen LogP contribution is 2.14. The molecule has 0 aromatic heterocycles. The van der Waals surface area contributed by atoms with Gasteiger partial charge in [0.2, 0.25) is 0 Å². The largest absolute Gasteiger partial charge is 0.493 e. The van der Waals surface area contributed by atoms with E-state index in [0.717, 1.165) is 0 Å². The maximum absolute atomic E-state index is 13.4. The van der Waals surface area contributed by atoms with E-state index in [4.69, 9.17) is 9.47 Å². The van der Waals surface area contributed by atoms with E-state index in [2.05, 4.69) is 5.32 Å². The molecule has 132 valence electrons. The number of benzene rings is 2. The lowest BCUT2D eigenvalue weighted by atomic mass is 10.2. The minimum atomic E-state index is -0.640. The van der Waals surface area contributed by atoms with Crippen molar-refractivity contribution < 1.29 is 23.5 Å². The minimum absolute atomic E-state index is 0.0372. The Morgan fingerprint density at radius 3 is 2.40 bits per heavy atom. The number of para-hydroxylation sites is 1. The summed E-state index contributed by atoms with van der Waals surface area (Å²) < 4.78 is 23.9. The molecule has 2 rings (SSSR count). The SMILES string of the molecule is CC(C)COc1ccc(C(=O)OCC(=O)Nc2ccccc2F)cc1. The highest BCUT2D eigenvalue weighted by molar-refractivity contribution is 5.95. The second kappa shape index (κ2) is 8.82. The molecule has 0 aliphatic heterocycles. The lowest BCUT2D eigenvalue weighted by Gasteiger charge is -2.09. The molecule has 0 fully saturated rings. The van der Waals surface area contributed by atoms with Crippen molar-refractivity contribution in [2.45, 2.75) is 13.8 Å². The van der Waals surface area contributed by atoms with E-state index in [1.165, 1.54) is 18.2 Å². The normalized spacial score (nSPS) is 10.4. The van der Waals surface area contributed by atoms with Crippen LogP contribution in [-0.4, -0.2) is 25.1 Å². The maximum Gasteiger partial charge on any atom is 0.338 e. The van der Waals surface area contributed by atoms with Crippen LogP contribution >= 0.6 is 0 Å². The number of carbonyl (C=O) groups is 2. The number of hydrogen-bond acceptors (Lipinski definition) is 4. The van der Waals surface area contributed by atoms with Crippen molar-refractivity contribution >= 4 is 17.6 Å². The zero-order valence-corrected chi connectivity index (χ0v) is 14.1. The van der Waals surface area contributed by atoms with Gasteiger partial charge in [-0.15, -0.1) is 0 Å². The Bertz CT molecular complexity index is 728. The Balaban J connectivity index is 1.83. The number of halogens is 1. The van der Waals surface area contributed by atoms with Gasteiger partial charge in [0.25, 0.3) is 5.91 Å². The van der Waals surface area contributed by atoms with Crippen LogP contribution in [0.3, 0.4) is 0 Å². The number of carbonyl (C=O) groups excluding carboxylic acids is 2. The Morgan fingerprint density at radius 2 is 1.76 bits per heavy atom. The Labute approximate surface area is 145 Å². The average Bonchev–Trinajstić information content (AvgIpc) is 2.60. The van der Waals surface area contributed by atoms with E-state index in [1.807, 2.05) is 13.8 Å². The molecule has 0 aliphatic rings. The molecule has 0 bridgehead atoms. The topological polar surface area (TPSA) is 64.6 Å². The van der Waals surface area contributed by atoms with Crippen molar-refractivity contribution in [2.24, 2.45) is 5.92 Å². The highest BCUT2D eigenvalue weighted by Gasteiger charge is 2.12. The van der Waals surface area contributed by atoms with E-state index < -0.39 is 24.3 Å². The van der Waals surface area contributed by atoms with Gasteiger partial charge in [-0.1, -0.05) is 26.0 Å². The summed E-state index contributed by atoms with van der Waals surface area (Å²) in [5, 5.41) is 2.34. The third-order valence-corrected chi connectivity index (χ3v) is 3.16. The van der Waals surface area contributed by atoms with Gasteiger partial charge in [0.05, 0.1) is 17.9 Å². The van der Waals surface area contributed by atoms with Crippen LogP contribution in [0, 0.1) is 11.7 Å². The molecule has 2 aromatic rings. The number of nitrogens with one attached hydrogen (secondary N) is 1. The van der Waals surface area contributed by atoms with Crippen LogP contribution in [-0.2, 0) is 9.53 Å². The highest BCUT2D eigenvalue weighted by atomic mass is 19.1. The summed E-state index contributed by atoms with van der Waals surface area (Å²) in [5.74, 6) is -0.756. The van der Waals surface area contributed by atoms with Gasteiger partial charge >= 0.3 is 5.97 Å². The number of anilines is 1. The van der Waals surface area contributed by atoms with Gasteiger partial charge < -0.3 is 14.8 Å². The molecular weight excluding hydrogens is 325 g/mol. The van der Waals surface area contributed by atoms with Crippen molar-refractivity contribution in [1.82, 2.24) is 0 Å². The molecule has 0 aliphatic carbocycles. The quantitative estimate of drug-likeness (QED) is 0.778. The van der Waals surface area contributed by atoms with E-state index in [0.29, 0.717) is 23.8 Å². The second-order valence-electron chi connectivity index (χ2n) is 5.83. The fourth-order valence-corrected chi connectivity index (χ4v) is 1.91. The van der Waals surface area contributed by atoms with E-state index in [9.17, 15) is 14.0 Å². The molecular formula is C19H20FNO4. The number of esters is 1. The first-order valence-electron chi connectivity index (χ1n) is 7.90. The first kappa shape index (κ1) is 18.4. The summed E-state index contributed by atoms with van der Waals surface area (Å²) in [7, 11) is 0. The fourth-order valence-electron chi connectivity index (χ4n) is 1.91. The molecule has 2 aromatic carbocycles. The molecule has 0 radical (unpaired) electrons. The molecule has 1 amide bonds. The summed E-state index contributed by atoms with van der Waals surface area (Å²) in [5.41, 5.74) is 0.339. The fraction of sp³-hybridized carbons (Fsp3) is 0.263. The van der Waals surface area contributed by atoms with Crippen LogP contribution in [0.5, 0.6) is 5.75 Å². The summed E-state index contributed by atoms with van der Waals surface area (Å²) >= 11 is 0. The molecule has 1 N–H and O–H groups in total. The van der Waals surface area contributed by atoms with Gasteiger partial charge in [0.1, 0.15) is 11.6 Å². The minimum Gasteiger partial charge on any atom is -0.493 e. The van der Waals surface area contributed by atoms with Crippen LogP contribution in [0.2, 0.25) is 0 Å². The molecule has 5 nitrogen and oxygen atoms in total. The average molecular weight is 345 g/mol. The number of ether oxygens (including phenoxy) is 2. The summed E-state index contributed by atoms with van der Waals surface area (Å²) in [6.07, 6.45) is 0. The molecule has 0 spiro atoms. The molecule has 0 saturated carbocycles. The predicted molar refractivity (Wildman–Crippen MR) is 92.1 cm³/mol. The number of hydrogen-bond donors (Lipinski definition) is 1. The number of amides is 1. The van der Waals surface area contributed by atoms with Crippen molar-refractivity contribution in [1.29, 1.82) is 0 Å². The van der Waals surface area contributed by atoms with Crippen LogP contribution in [0.15, 0.2) is 48.5 Å². The molecule has 25 heavy (non-hydrogen) atoms. The molecule has 0 atom stereocenters. The number of rotatable bonds is 7. The molecule has 6 heteroatoms. The van der Waals surface area contributed by atoms with Crippen molar-refractivity contribution in [3.8, 4) is 5.75 Å². The van der Waals surface area contributed by atoms with E-state index >= 15 is 0 Å². The zero-order valence-electron chi connectivity index (χ0n) is 14.1. The summed E-state index contributed by atoms with van der Waals surface area (Å²) in [6, 6.07) is 12.2. The second-order valence-corrected chi connectivity index (χ2v) is 5.83.